The molecule has 348 valence electrons. The number of unbranched alkanes of at least 4 members (excludes halogenated alkanes) is 19. The van der Waals surface area contributed by atoms with Crippen LogP contribution in [0.3, 0.4) is 0 Å². The van der Waals surface area contributed by atoms with Gasteiger partial charge in [-0.15, -0.1) is 0 Å². The molecule has 1 atom stereocenters. The maximum absolute atomic E-state index is 12.8. The molecule has 0 aromatic rings. The van der Waals surface area contributed by atoms with Gasteiger partial charge in [0.25, 0.3) is 0 Å². The van der Waals surface area contributed by atoms with E-state index in [0.717, 1.165) is 128 Å². The molecule has 0 saturated heterocycles. The summed E-state index contributed by atoms with van der Waals surface area (Å²) in [6, 6.07) is 0. The van der Waals surface area contributed by atoms with Crippen molar-refractivity contribution < 1.29 is 28.6 Å². The molecule has 0 spiro atoms. The first-order valence-corrected chi connectivity index (χ1v) is 25.1. The summed E-state index contributed by atoms with van der Waals surface area (Å²) < 4.78 is 16.7. The highest BCUT2D eigenvalue weighted by Gasteiger charge is 2.19. The van der Waals surface area contributed by atoms with Crippen LogP contribution in [0.25, 0.3) is 0 Å². The lowest BCUT2D eigenvalue weighted by atomic mass is 10.1. The summed E-state index contributed by atoms with van der Waals surface area (Å²) in [5.41, 5.74) is 0. The molecule has 0 rings (SSSR count). The lowest BCUT2D eigenvalue weighted by Gasteiger charge is -2.18. The van der Waals surface area contributed by atoms with Crippen LogP contribution in [-0.4, -0.2) is 37.2 Å². The number of rotatable bonds is 44. The number of esters is 3. The van der Waals surface area contributed by atoms with Gasteiger partial charge in [-0.05, 0) is 109 Å². The maximum Gasteiger partial charge on any atom is 0.306 e. The molecule has 6 heteroatoms. The van der Waals surface area contributed by atoms with Gasteiger partial charge in [0.1, 0.15) is 13.2 Å². The van der Waals surface area contributed by atoms with E-state index in [0.29, 0.717) is 12.8 Å². The molecule has 0 N–H and O–H groups in total. The molecule has 0 aliphatic rings. The Bertz CT molecular complexity index is 1200. The smallest absolute Gasteiger partial charge is 0.306 e. The quantitative estimate of drug-likeness (QED) is 0.0263. The Labute approximate surface area is 375 Å². The number of hydrogen-bond donors (Lipinski definition) is 0. The Morgan fingerprint density at radius 1 is 0.344 bits per heavy atom. The third kappa shape index (κ3) is 47.5. The van der Waals surface area contributed by atoms with Crippen LogP contribution in [0, 0.1) is 0 Å². The predicted octanol–water partition coefficient (Wildman–Crippen LogP) is 16.4. The first-order chi connectivity index (χ1) is 30.0. The van der Waals surface area contributed by atoms with Crippen molar-refractivity contribution in [1.82, 2.24) is 0 Å². The predicted molar refractivity (Wildman–Crippen MR) is 261 cm³/mol. The van der Waals surface area contributed by atoms with Gasteiger partial charge in [-0.2, -0.15) is 0 Å². The third-order valence-corrected chi connectivity index (χ3v) is 10.3. The van der Waals surface area contributed by atoms with Crippen LogP contribution in [0.15, 0.2) is 85.1 Å². The summed E-state index contributed by atoms with van der Waals surface area (Å²) in [5.74, 6) is -0.953. The van der Waals surface area contributed by atoms with Crippen molar-refractivity contribution in [1.29, 1.82) is 0 Å². The van der Waals surface area contributed by atoms with Gasteiger partial charge < -0.3 is 14.2 Å². The fourth-order valence-electron chi connectivity index (χ4n) is 6.58. The molecule has 0 radical (unpaired) electrons. The second-order valence-corrected chi connectivity index (χ2v) is 16.3. The van der Waals surface area contributed by atoms with Crippen LogP contribution >= 0.6 is 0 Å². The Morgan fingerprint density at radius 2 is 0.672 bits per heavy atom. The fraction of sp³-hybridized carbons (Fsp3) is 0.691. The largest absolute Gasteiger partial charge is 0.462 e. The lowest BCUT2D eigenvalue weighted by molar-refractivity contribution is -0.167. The number of allylic oxidation sites excluding steroid dienone is 14. The van der Waals surface area contributed by atoms with Crippen LogP contribution in [0.4, 0.5) is 0 Å². The SMILES string of the molecule is CC/C=C\C/C=C\C/C=C\CCCCCC(=O)OC(COC(=O)CCCCCCC/C=C\C/C=C\CCC)COC(=O)CCCCCCCCC/C=C\C/C=C\CCCCC. The first-order valence-electron chi connectivity index (χ1n) is 25.1. The minimum absolute atomic E-state index is 0.0981. The summed E-state index contributed by atoms with van der Waals surface area (Å²) in [4.78, 5) is 37.9. The number of ether oxygens (including phenoxy) is 3. The number of carbonyl (C=O) groups excluding carboxylic acids is 3. The minimum Gasteiger partial charge on any atom is -0.462 e. The zero-order chi connectivity index (χ0) is 44.4. The molecule has 0 saturated carbocycles. The molecule has 0 aliphatic heterocycles. The van der Waals surface area contributed by atoms with E-state index in [2.05, 4.69) is 106 Å². The summed E-state index contributed by atoms with van der Waals surface area (Å²) in [7, 11) is 0. The van der Waals surface area contributed by atoms with Gasteiger partial charge in [-0.25, -0.2) is 0 Å². The van der Waals surface area contributed by atoms with Crippen LogP contribution in [-0.2, 0) is 28.6 Å². The summed E-state index contributed by atoms with van der Waals surface area (Å²) >= 11 is 0. The van der Waals surface area contributed by atoms with Crippen molar-refractivity contribution >= 4 is 17.9 Å². The van der Waals surface area contributed by atoms with Gasteiger partial charge in [0.05, 0.1) is 0 Å². The molecule has 1 unspecified atom stereocenters. The van der Waals surface area contributed by atoms with E-state index in [4.69, 9.17) is 14.2 Å². The highest BCUT2D eigenvalue weighted by atomic mass is 16.6. The van der Waals surface area contributed by atoms with Crippen molar-refractivity contribution in [2.75, 3.05) is 13.2 Å². The first kappa shape index (κ1) is 57.6. The number of carbonyl (C=O) groups is 3. The summed E-state index contributed by atoms with van der Waals surface area (Å²) in [6.07, 6.45) is 62.8. The van der Waals surface area contributed by atoms with Crippen molar-refractivity contribution in [3.05, 3.63) is 85.1 Å². The molecule has 0 aromatic carbocycles. The van der Waals surface area contributed by atoms with Crippen LogP contribution in [0.1, 0.15) is 226 Å². The Balaban J connectivity index is 4.44. The molecule has 0 bridgehead atoms. The molecule has 0 aliphatic carbocycles. The average Bonchev–Trinajstić information content (AvgIpc) is 3.26. The van der Waals surface area contributed by atoms with Crippen molar-refractivity contribution in [2.45, 2.75) is 232 Å². The zero-order valence-electron chi connectivity index (χ0n) is 39.7. The highest BCUT2D eigenvalue weighted by molar-refractivity contribution is 5.71. The second kappa shape index (κ2) is 49.2. The van der Waals surface area contributed by atoms with Gasteiger partial charge in [-0.3, -0.25) is 14.4 Å². The average molecular weight is 849 g/mol. The topological polar surface area (TPSA) is 78.9 Å². The van der Waals surface area contributed by atoms with Gasteiger partial charge in [0, 0.05) is 19.3 Å². The molecule has 6 nitrogen and oxygen atoms in total. The third-order valence-electron chi connectivity index (χ3n) is 10.3. The minimum atomic E-state index is -0.800. The van der Waals surface area contributed by atoms with Gasteiger partial charge in [-0.1, -0.05) is 183 Å². The standard InChI is InChI=1S/C55H92O6/c1-4-7-10-13-16-19-22-25-26-27-28-31-33-36-39-42-45-48-54(57)60-51-52(61-55(58)49-46-43-40-37-34-30-24-21-18-15-12-9-6-3)50-59-53(56)47-44-41-38-35-32-29-23-20-17-14-11-8-5-2/h9,11-12,14,16,18-21,23,25-26,30,34,52H,4-8,10,13,15,17,22,24,27-29,31-33,35-51H2,1-3H3/b12-9-,14-11-,19-16-,21-18-,23-20-,26-25-,34-30-. The Morgan fingerprint density at radius 3 is 1.08 bits per heavy atom. The zero-order valence-corrected chi connectivity index (χ0v) is 39.7. The fourth-order valence-corrected chi connectivity index (χ4v) is 6.58. The lowest BCUT2D eigenvalue weighted by Crippen LogP contribution is -2.30. The van der Waals surface area contributed by atoms with Crippen LogP contribution in [0.5, 0.6) is 0 Å². The van der Waals surface area contributed by atoms with Crippen LogP contribution < -0.4 is 0 Å². The van der Waals surface area contributed by atoms with E-state index < -0.39 is 6.10 Å². The molecule has 0 heterocycles. The van der Waals surface area contributed by atoms with Crippen molar-refractivity contribution in [3.8, 4) is 0 Å². The molecule has 61 heavy (non-hydrogen) atoms. The Hall–Kier alpha value is -3.41. The van der Waals surface area contributed by atoms with E-state index in [1.165, 1.54) is 57.8 Å². The monoisotopic (exact) mass is 849 g/mol. The van der Waals surface area contributed by atoms with E-state index in [1.54, 1.807) is 0 Å². The van der Waals surface area contributed by atoms with Gasteiger partial charge in [0.15, 0.2) is 6.10 Å². The molecule has 0 fully saturated rings. The van der Waals surface area contributed by atoms with Crippen molar-refractivity contribution in [2.24, 2.45) is 0 Å². The Kier molecular flexibility index (Phi) is 46.5. The second-order valence-electron chi connectivity index (χ2n) is 16.3. The molecular weight excluding hydrogens is 757 g/mol. The summed E-state index contributed by atoms with van der Waals surface area (Å²) in [5, 5.41) is 0. The van der Waals surface area contributed by atoms with Gasteiger partial charge in [0.2, 0.25) is 0 Å². The van der Waals surface area contributed by atoms with E-state index in [9.17, 15) is 14.4 Å². The van der Waals surface area contributed by atoms with Crippen molar-refractivity contribution in [3.63, 3.8) is 0 Å². The van der Waals surface area contributed by atoms with Crippen LogP contribution in [0.2, 0.25) is 0 Å². The van der Waals surface area contributed by atoms with E-state index in [-0.39, 0.29) is 37.5 Å². The summed E-state index contributed by atoms with van der Waals surface area (Å²) in [6.45, 7) is 6.38. The number of hydrogen-bond acceptors (Lipinski definition) is 6. The van der Waals surface area contributed by atoms with E-state index >= 15 is 0 Å². The molecule has 0 aromatic heterocycles. The normalized spacial score (nSPS) is 12.8. The molecule has 0 amide bonds. The van der Waals surface area contributed by atoms with Gasteiger partial charge >= 0.3 is 17.9 Å². The molecular formula is C55H92O6. The van der Waals surface area contributed by atoms with E-state index in [1.807, 2.05) is 0 Å². The highest BCUT2D eigenvalue weighted by Crippen LogP contribution is 2.13. The maximum atomic E-state index is 12.8.